The number of aliphatic hydroxyl groups excluding tert-OH is 1. The molecule has 0 aliphatic rings. The van der Waals surface area contributed by atoms with Crippen LogP contribution in [0.4, 0.5) is 0 Å². The fourth-order valence-electron chi connectivity index (χ4n) is 1.07. The Morgan fingerprint density at radius 2 is 2.50 bits per heavy atom. The van der Waals surface area contributed by atoms with Crippen molar-refractivity contribution in [1.82, 2.24) is 4.98 Å². The molecule has 0 aromatic carbocycles. The van der Waals surface area contributed by atoms with Crippen LogP contribution in [0, 0.1) is 0 Å². The van der Waals surface area contributed by atoms with Crippen LogP contribution < -0.4 is 0 Å². The summed E-state index contributed by atoms with van der Waals surface area (Å²) in [5.41, 5.74) is 0.626. The number of esters is 1. The van der Waals surface area contributed by atoms with Crippen LogP contribution in [0.5, 0.6) is 0 Å². The molecule has 1 atom stereocenters. The molecule has 0 amide bonds. The predicted octanol–water partition coefficient (Wildman–Crippen LogP) is 1.07. The Hall–Kier alpha value is -1.42. The molecule has 14 heavy (non-hydrogen) atoms. The minimum absolute atomic E-state index is 0.0282. The summed E-state index contributed by atoms with van der Waals surface area (Å²) in [6, 6.07) is 3.43. The summed E-state index contributed by atoms with van der Waals surface area (Å²) in [5.74, 6) is -0.399. The molecule has 1 rings (SSSR count). The van der Waals surface area contributed by atoms with E-state index in [0.717, 1.165) is 0 Å². The molecular weight excluding hydrogens is 182 g/mol. The van der Waals surface area contributed by atoms with Crippen LogP contribution in [-0.2, 0) is 9.53 Å². The summed E-state index contributed by atoms with van der Waals surface area (Å²) in [6.07, 6.45) is 2.28. The molecule has 1 aromatic heterocycles. The first kappa shape index (κ1) is 10.7. The largest absolute Gasteiger partial charge is 0.466 e. The van der Waals surface area contributed by atoms with Crippen LogP contribution in [-0.4, -0.2) is 22.7 Å². The Morgan fingerprint density at radius 3 is 3.07 bits per heavy atom. The van der Waals surface area contributed by atoms with Crippen molar-refractivity contribution in [1.29, 1.82) is 0 Å². The average molecular weight is 195 g/mol. The van der Waals surface area contributed by atoms with Crippen molar-refractivity contribution in [3.05, 3.63) is 30.1 Å². The number of ether oxygens (including phenoxy) is 1. The first-order valence-electron chi connectivity index (χ1n) is 4.47. The van der Waals surface area contributed by atoms with E-state index in [-0.39, 0.29) is 6.42 Å². The molecule has 0 saturated heterocycles. The topological polar surface area (TPSA) is 59.4 Å². The van der Waals surface area contributed by atoms with Gasteiger partial charge in [0.1, 0.15) is 0 Å². The number of hydrogen-bond donors (Lipinski definition) is 1. The van der Waals surface area contributed by atoms with Crippen molar-refractivity contribution in [2.75, 3.05) is 6.61 Å². The van der Waals surface area contributed by atoms with Crippen molar-refractivity contribution in [2.24, 2.45) is 0 Å². The van der Waals surface area contributed by atoms with E-state index in [1.807, 2.05) is 0 Å². The maximum atomic E-state index is 11.0. The summed E-state index contributed by atoms with van der Waals surface area (Å²) >= 11 is 0. The lowest BCUT2D eigenvalue weighted by atomic mass is 10.1. The van der Waals surface area contributed by atoms with E-state index in [2.05, 4.69) is 4.98 Å². The van der Waals surface area contributed by atoms with Gasteiger partial charge in [-0.05, 0) is 18.6 Å². The van der Waals surface area contributed by atoms with Gasteiger partial charge < -0.3 is 9.84 Å². The fraction of sp³-hybridized carbons (Fsp3) is 0.400. The third-order valence-electron chi connectivity index (χ3n) is 1.73. The summed E-state index contributed by atoms with van der Waals surface area (Å²) in [7, 11) is 0. The Kier molecular flexibility index (Phi) is 4.07. The molecule has 0 spiro atoms. The van der Waals surface area contributed by atoms with Gasteiger partial charge in [-0.2, -0.15) is 0 Å². The van der Waals surface area contributed by atoms with Gasteiger partial charge in [0, 0.05) is 12.4 Å². The molecule has 0 unspecified atom stereocenters. The highest BCUT2D eigenvalue weighted by molar-refractivity contribution is 5.70. The lowest BCUT2D eigenvalue weighted by Crippen LogP contribution is -2.10. The quantitative estimate of drug-likeness (QED) is 0.730. The third-order valence-corrected chi connectivity index (χ3v) is 1.73. The molecule has 0 saturated carbocycles. The third kappa shape index (κ3) is 3.14. The smallest absolute Gasteiger partial charge is 0.308 e. The molecule has 0 aliphatic carbocycles. The summed E-state index contributed by atoms with van der Waals surface area (Å²) in [4.78, 5) is 14.9. The minimum Gasteiger partial charge on any atom is -0.466 e. The van der Waals surface area contributed by atoms with Gasteiger partial charge in [0.15, 0.2) is 0 Å². The zero-order valence-electron chi connectivity index (χ0n) is 8.01. The number of nitrogens with zero attached hydrogens (tertiary/aromatic N) is 1. The van der Waals surface area contributed by atoms with Crippen molar-refractivity contribution < 1.29 is 14.6 Å². The highest BCUT2D eigenvalue weighted by Crippen LogP contribution is 2.15. The van der Waals surface area contributed by atoms with E-state index < -0.39 is 12.1 Å². The minimum atomic E-state index is -0.831. The predicted molar refractivity (Wildman–Crippen MR) is 50.4 cm³/mol. The van der Waals surface area contributed by atoms with Crippen molar-refractivity contribution in [2.45, 2.75) is 19.4 Å². The first-order valence-corrected chi connectivity index (χ1v) is 4.47. The van der Waals surface area contributed by atoms with E-state index >= 15 is 0 Å². The summed E-state index contributed by atoms with van der Waals surface area (Å²) in [6.45, 7) is 2.06. The molecule has 4 heteroatoms. The molecule has 0 bridgehead atoms. The van der Waals surface area contributed by atoms with Crippen molar-refractivity contribution in [3.63, 3.8) is 0 Å². The number of hydrogen-bond acceptors (Lipinski definition) is 4. The van der Waals surface area contributed by atoms with Crippen LogP contribution in [0.2, 0.25) is 0 Å². The van der Waals surface area contributed by atoms with Gasteiger partial charge in [-0.3, -0.25) is 9.78 Å². The molecule has 0 fully saturated rings. The van der Waals surface area contributed by atoms with E-state index in [1.165, 1.54) is 6.20 Å². The Bertz CT molecular complexity index is 287. The van der Waals surface area contributed by atoms with Crippen LogP contribution in [0.3, 0.4) is 0 Å². The van der Waals surface area contributed by atoms with Crippen LogP contribution in [0.1, 0.15) is 25.0 Å². The zero-order valence-corrected chi connectivity index (χ0v) is 8.01. The van der Waals surface area contributed by atoms with Gasteiger partial charge in [0.05, 0.1) is 19.1 Å². The Balaban J connectivity index is 2.50. The van der Waals surface area contributed by atoms with Gasteiger partial charge >= 0.3 is 5.97 Å². The average Bonchev–Trinajstić information content (AvgIpc) is 2.19. The Morgan fingerprint density at radius 1 is 1.71 bits per heavy atom. The summed E-state index contributed by atoms with van der Waals surface area (Å²) < 4.78 is 4.71. The zero-order chi connectivity index (χ0) is 10.4. The highest BCUT2D eigenvalue weighted by atomic mass is 16.5. The standard InChI is InChI=1S/C10H13NO3/c1-2-14-10(13)6-9(12)8-4-3-5-11-7-8/h3-5,7,9,12H,2,6H2,1H3/t9-/m0/s1. The molecule has 1 N–H and O–H groups in total. The van der Waals surface area contributed by atoms with Gasteiger partial charge in [0.2, 0.25) is 0 Å². The number of carbonyl (C=O) groups is 1. The second-order valence-electron chi connectivity index (χ2n) is 2.81. The molecular formula is C10H13NO3. The molecule has 4 nitrogen and oxygen atoms in total. The molecule has 1 heterocycles. The van der Waals surface area contributed by atoms with Crippen LogP contribution in [0.15, 0.2) is 24.5 Å². The SMILES string of the molecule is CCOC(=O)C[C@H](O)c1cccnc1. The Labute approximate surface area is 82.5 Å². The highest BCUT2D eigenvalue weighted by Gasteiger charge is 2.13. The fourth-order valence-corrected chi connectivity index (χ4v) is 1.07. The molecule has 0 aliphatic heterocycles. The van der Waals surface area contributed by atoms with Gasteiger partial charge in [-0.15, -0.1) is 0 Å². The number of rotatable bonds is 4. The monoisotopic (exact) mass is 195 g/mol. The van der Waals surface area contributed by atoms with Gasteiger partial charge in [-0.1, -0.05) is 6.07 Å². The van der Waals surface area contributed by atoms with E-state index in [4.69, 9.17) is 4.74 Å². The van der Waals surface area contributed by atoms with Crippen LogP contribution in [0.25, 0.3) is 0 Å². The number of aromatic nitrogens is 1. The van der Waals surface area contributed by atoms with Gasteiger partial charge in [-0.25, -0.2) is 0 Å². The van der Waals surface area contributed by atoms with Crippen LogP contribution >= 0.6 is 0 Å². The van der Waals surface area contributed by atoms with E-state index in [9.17, 15) is 9.90 Å². The van der Waals surface area contributed by atoms with E-state index in [0.29, 0.717) is 12.2 Å². The normalized spacial score (nSPS) is 12.1. The number of aliphatic hydroxyl groups is 1. The maximum absolute atomic E-state index is 11.0. The number of carbonyl (C=O) groups excluding carboxylic acids is 1. The lowest BCUT2D eigenvalue weighted by molar-refractivity contribution is -0.145. The summed E-state index contributed by atoms with van der Waals surface area (Å²) in [5, 5.41) is 9.58. The lowest BCUT2D eigenvalue weighted by Gasteiger charge is -2.08. The van der Waals surface area contributed by atoms with E-state index in [1.54, 1.807) is 25.3 Å². The van der Waals surface area contributed by atoms with Crippen molar-refractivity contribution >= 4 is 5.97 Å². The second-order valence-corrected chi connectivity index (χ2v) is 2.81. The van der Waals surface area contributed by atoms with Gasteiger partial charge in [0.25, 0.3) is 0 Å². The van der Waals surface area contributed by atoms with Crippen molar-refractivity contribution in [3.8, 4) is 0 Å². The first-order chi connectivity index (χ1) is 6.74. The second kappa shape index (κ2) is 5.34. The molecule has 1 aromatic rings. The molecule has 0 radical (unpaired) electrons. The number of pyridine rings is 1. The molecule has 76 valence electrons. The maximum Gasteiger partial charge on any atom is 0.308 e.